The molecule has 6 heteroatoms. The molecule has 0 aliphatic heterocycles. The van der Waals surface area contributed by atoms with Crippen LogP contribution in [-0.4, -0.2) is 14.5 Å². The van der Waals surface area contributed by atoms with Crippen molar-refractivity contribution in [2.24, 2.45) is 0 Å². The molecule has 1 aromatic carbocycles. The number of rotatable bonds is 3. The summed E-state index contributed by atoms with van der Waals surface area (Å²) < 4.78 is 3.19. The van der Waals surface area contributed by atoms with E-state index in [1.165, 1.54) is 0 Å². The fraction of sp³-hybridized carbons (Fsp3) is 0.286. The van der Waals surface area contributed by atoms with E-state index in [1.807, 2.05) is 26.0 Å². The van der Waals surface area contributed by atoms with E-state index >= 15 is 0 Å². The topological polar surface area (TPSA) is 30.7 Å². The lowest BCUT2D eigenvalue weighted by molar-refractivity contribution is 0.737. The number of imidazole rings is 1. The Morgan fingerprint density at radius 1 is 1.40 bits per heavy atom. The summed E-state index contributed by atoms with van der Waals surface area (Å²) in [6.07, 6.45) is 0. The predicted octanol–water partition coefficient (Wildman–Crippen LogP) is 4.91. The third-order valence-electron chi connectivity index (χ3n) is 3.06. The number of nitrogens with zero attached hydrogens (tertiary/aromatic N) is 3. The summed E-state index contributed by atoms with van der Waals surface area (Å²) in [6.45, 7) is 4.66. The molecule has 0 aliphatic carbocycles. The monoisotopic (exact) mass is 369 g/mol. The lowest BCUT2D eigenvalue weighted by atomic mass is 10.3. The zero-order chi connectivity index (χ0) is 14.3. The van der Waals surface area contributed by atoms with Crippen LogP contribution in [0.25, 0.3) is 11.0 Å². The Hall–Kier alpha value is -0.910. The van der Waals surface area contributed by atoms with Gasteiger partial charge in [0.25, 0.3) is 0 Å². The lowest BCUT2D eigenvalue weighted by Crippen LogP contribution is -2.05. The van der Waals surface area contributed by atoms with E-state index in [9.17, 15) is 0 Å². The van der Waals surface area contributed by atoms with Crippen molar-refractivity contribution in [3.8, 4) is 0 Å². The highest BCUT2D eigenvalue weighted by atomic mass is 79.9. The molecule has 20 heavy (non-hydrogen) atoms. The summed E-state index contributed by atoms with van der Waals surface area (Å²) in [5.41, 5.74) is 3.09. The second-order valence-corrected chi connectivity index (χ2v) is 7.20. The third kappa shape index (κ3) is 2.62. The van der Waals surface area contributed by atoms with Crippen LogP contribution in [-0.2, 0) is 6.54 Å². The Bertz CT molecular complexity index is 763. The van der Waals surface area contributed by atoms with Gasteiger partial charge in [-0.05, 0) is 32.0 Å². The molecule has 0 aliphatic rings. The quantitative estimate of drug-likeness (QED) is 0.613. The van der Waals surface area contributed by atoms with Crippen LogP contribution in [0.1, 0.15) is 28.8 Å². The molecule has 0 amide bonds. The van der Waals surface area contributed by atoms with Crippen LogP contribution in [0.2, 0.25) is 0 Å². The van der Waals surface area contributed by atoms with Crippen LogP contribution in [0.4, 0.5) is 0 Å². The van der Waals surface area contributed by atoms with Gasteiger partial charge in [-0.1, -0.05) is 15.9 Å². The average molecular weight is 371 g/mol. The van der Waals surface area contributed by atoms with Crippen molar-refractivity contribution in [1.29, 1.82) is 0 Å². The molecule has 0 saturated heterocycles. The first-order valence-electron chi connectivity index (χ1n) is 6.25. The molecule has 1 atom stereocenters. The number of alkyl halides is 1. The van der Waals surface area contributed by atoms with Crippen LogP contribution in [0.5, 0.6) is 0 Å². The van der Waals surface area contributed by atoms with E-state index < -0.39 is 0 Å². The van der Waals surface area contributed by atoms with Gasteiger partial charge in [0.1, 0.15) is 10.8 Å². The van der Waals surface area contributed by atoms with Crippen LogP contribution in [0, 0.1) is 6.92 Å². The zero-order valence-electron chi connectivity index (χ0n) is 11.1. The van der Waals surface area contributed by atoms with Gasteiger partial charge in [0, 0.05) is 15.5 Å². The molecule has 0 radical (unpaired) electrons. The van der Waals surface area contributed by atoms with E-state index in [-0.39, 0.29) is 5.38 Å². The largest absolute Gasteiger partial charge is 0.320 e. The fourth-order valence-corrected chi connectivity index (χ4v) is 3.47. The number of halogens is 2. The number of thiazole rings is 1. The number of benzene rings is 1. The molecule has 0 saturated carbocycles. The molecule has 104 valence electrons. The van der Waals surface area contributed by atoms with Crippen molar-refractivity contribution in [3.05, 3.63) is 44.6 Å². The lowest BCUT2D eigenvalue weighted by Gasteiger charge is -2.08. The summed E-state index contributed by atoms with van der Waals surface area (Å²) in [5, 5.41) is 3.00. The highest BCUT2D eigenvalue weighted by Gasteiger charge is 2.16. The summed E-state index contributed by atoms with van der Waals surface area (Å²) >= 11 is 11.5. The van der Waals surface area contributed by atoms with Crippen LogP contribution < -0.4 is 0 Å². The SMILES string of the molecule is Cc1csc(Cn2c(C(C)Cl)nc3ccc(Br)cc32)n1. The maximum absolute atomic E-state index is 6.28. The van der Waals surface area contributed by atoms with Gasteiger partial charge in [-0.25, -0.2) is 9.97 Å². The summed E-state index contributed by atoms with van der Waals surface area (Å²) in [7, 11) is 0. The minimum atomic E-state index is -0.137. The van der Waals surface area contributed by atoms with Gasteiger partial charge < -0.3 is 4.57 Å². The van der Waals surface area contributed by atoms with Crippen LogP contribution >= 0.6 is 38.9 Å². The molecule has 0 spiro atoms. The first-order valence-corrected chi connectivity index (χ1v) is 8.36. The molecule has 0 fully saturated rings. The third-order valence-corrected chi connectivity index (χ3v) is 4.70. The molecule has 0 bridgehead atoms. The van der Waals surface area contributed by atoms with Crippen molar-refractivity contribution in [3.63, 3.8) is 0 Å². The molecular formula is C14H13BrClN3S. The maximum Gasteiger partial charge on any atom is 0.128 e. The van der Waals surface area contributed by atoms with Gasteiger partial charge >= 0.3 is 0 Å². The van der Waals surface area contributed by atoms with E-state index in [1.54, 1.807) is 11.3 Å². The van der Waals surface area contributed by atoms with E-state index in [0.29, 0.717) is 6.54 Å². The Morgan fingerprint density at radius 2 is 2.20 bits per heavy atom. The molecule has 0 N–H and O–H groups in total. The summed E-state index contributed by atoms with van der Waals surface area (Å²) in [5.74, 6) is 0.882. The van der Waals surface area contributed by atoms with Crippen LogP contribution in [0.3, 0.4) is 0 Å². The highest BCUT2D eigenvalue weighted by molar-refractivity contribution is 9.10. The molecule has 3 aromatic rings. The van der Waals surface area contributed by atoms with Gasteiger partial charge in [-0.3, -0.25) is 0 Å². The van der Waals surface area contributed by atoms with Gasteiger partial charge in [-0.15, -0.1) is 22.9 Å². The summed E-state index contributed by atoms with van der Waals surface area (Å²) in [4.78, 5) is 9.17. The van der Waals surface area contributed by atoms with E-state index in [2.05, 4.69) is 41.9 Å². The minimum Gasteiger partial charge on any atom is -0.320 e. The molecule has 1 unspecified atom stereocenters. The van der Waals surface area contributed by atoms with Gasteiger partial charge in [0.15, 0.2) is 0 Å². The Morgan fingerprint density at radius 3 is 2.85 bits per heavy atom. The average Bonchev–Trinajstić information content (AvgIpc) is 2.95. The molecule has 2 heterocycles. The highest BCUT2D eigenvalue weighted by Crippen LogP contribution is 2.28. The number of aromatic nitrogens is 3. The van der Waals surface area contributed by atoms with Crippen molar-refractivity contribution in [2.75, 3.05) is 0 Å². The van der Waals surface area contributed by atoms with Crippen LogP contribution in [0.15, 0.2) is 28.1 Å². The zero-order valence-corrected chi connectivity index (χ0v) is 14.3. The second-order valence-electron chi connectivity index (χ2n) is 4.69. The Balaban J connectivity index is 2.15. The van der Waals surface area contributed by atoms with Crippen molar-refractivity contribution < 1.29 is 0 Å². The second kappa shape index (κ2) is 5.47. The van der Waals surface area contributed by atoms with Gasteiger partial charge in [-0.2, -0.15) is 0 Å². The minimum absolute atomic E-state index is 0.137. The molecule has 2 aromatic heterocycles. The van der Waals surface area contributed by atoms with Gasteiger partial charge in [0.05, 0.1) is 23.0 Å². The number of hydrogen-bond donors (Lipinski definition) is 0. The van der Waals surface area contributed by atoms with Crippen molar-refractivity contribution in [2.45, 2.75) is 25.8 Å². The Kier molecular flexibility index (Phi) is 3.84. The fourth-order valence-electron chi connectivity index (χ4n) is 2.19. The van der Waals surface area contributed by atoms with Gasteiger partial charge in [0.2, 0.25) is 0 Å². The normalized spacial score (nSPS) is 13.0. The van der Waals surface area contributed by atoms with Crippen molar-refractivity contribution >= 4 is 49.9 Å². The number of hydrogen-bond acceptors (Lipinski definition) is 3. The Labute approximate surface area is 134 Å². The molecule has 3 rings (SSSR count). The van der Waals surface area contributed by atoms with Crippen molar-refractivity contribution in [1.82, 2.24) is 14.5 Å². The number of fused-ring (bicyclic) bond motifs is 1. The predicted molar refractivity (Wildman–Crippen MR) is 87.7 cm³/mol. The summed E-state index contributed by atoms with van der Waals surface area (Å²) in [6, 6.07) is 6.08. The first kappa shape index (κ1) is 14.0. The van der Waals surface area contributed by atoms with E-state index in [0.717, 1.165) is 32.0 Å². The smallest absolute Gasteiger partial charge is 0.128 e. The van der Waals surface area contributed by atoms with E-state index in [4.69, 9.17) is 11.6 Å². The first-order chi connectivity index (χ1) is 9.54. The maximum atomic E-state index is 6.28. The molecule has 3 nitrogen and oxygen atoms in total. The molecular weight excluding hydrogens is 358 g/mol. The number of aryl methyl sites for hydroxylation is 1. The standard InChI is InChI=1S/C14H13BrClN3S/c1-8-7-20-13(17-8)6-19-12-5-10(15)3-4-11(12)18-14(19)9(2)16/h3-5,7,9H,6H2,1-2H3.